The molecule has 0 aromatic heterocycles. The Hall–Kier alpha value is -0.0400. The number of hydrogen-bond acceptors (Lipinski definition) is 1. The molecule has 0 aromatic rings. The first-order valence-electron chi connectivity index (χ1n) is 7.32. The fraction of sp³-hybridized carbons (Fsp3) is 1.00. The molecule has 1 nitrogen and oxygen atoms in total. The topological polar surface area (TPSA) is 9.23 Å². The first-order chi connectivity index (χ1) is 7.70. The molecule has 1 fully saturated rings. The summed E-state index contributed by atoms with van der Waals surface area (Å²) in [5, 5.41) is 0. The van der Waals surface area contributed by atoms with E-state index in [4.69, 9.17) is 4.74 Å². The molecule has 17 heavy (non-hydrogen) atoms. The first kappa shape index (κ1) is 15.0. The second-order valence-electron chi connectivity index (χ2n) is 8.06. The van der Waals surface area contributed by atoms with Crippen LogP contribution < -0.4 is 0 Å². The molecule has 1 heteroatoms. The van der Waals surface area contributed by atoms with E-state index < -0.39 is 0 Å². The summed E-state index contributed by atoms with van der Waals surface area (Å²) in [4.78, 5) is 0. The van der Waals surface area contributed by atoms with Crippen molar-refractivity contribution >= 4 is 0 Å². The summed E-state index contributed by atoms with van der Waals surface area (Å²) in [5.74, 6) is 0.783. The van der Waals surface area contributed by atoms with Crippen molar-refractivity contribution in [2.24, 2.45) is 16.7 Å². The van der Waals surface area contributed by atoms with Crippen LogP contribution in [0.3, 0.4) is 0 Å². The van der Waals surface area contributed by atoms with Crippen LogP contribution in [0.1, 0.15) is 73.6 Å². The van der Waals surface area contributed by atoms with Crippen LogP contribution in [-0.4, -0.2) is 12.7 Å². The van der Waals surface area contributed by atoms with E-state index in [-0.39, 0.29) is 10.8 Å². The molecule has 1 aliphatic carbocycles. The minimum atomic E-state index is 0.271. The highest BCUT2D eigenvalue weighted by atomic mass is 16.5. The molecule has 0 N–H and O–H groups in total. The SMILES string of the molecule is CC(C)(C)COC(C1CCCCC1)C(C)(C)C. The Morgan fingerprint density at radius 3 is 1.88 bits per heavy atom. The van der Waals surface area contributed by atoms with Gasteiger partial charge in [0.1, 0.15) is 0 Å². The summed E-state index contributed by atoms with van der Waals surface area (Å²) in [7, 11) is 0. The van der Waals surface area contributed by atoms with Gasteiger partial charge in [0.25, 0.3) is 0 Å². The van der Waals surface area contributed by atoms with E-state index in [0.717, 1.165) is 12.5 Å². The predicted molar refractivity (Wildman–Crippen MR) is 75.2 cm³/mol. The zero-order valence-electron chi connectivity index (χ0n) is 12.8. The van der Waals surface area contributed by atoms with Crippen LogP contribution in [0.4, 0.5) is 0 Å². The van der Waals surface area contributed by atoms with Gasteiger partial charge in [0.15, 0.2) is 0 Å². The Morgan fingerprint density at radius 2 is 1.47 bits per heavy atom. The molecular weight excluding hydrogens is 208 g/mol. The summed E-state index contributed by atoms with van der Waals surface area (Å²) >= 11 is 0. The molecule has 1 atom stereocenters. The number of hydrogen-bond donors (Lipinski definition) is 0. The molecule has 1 rings (SSSR count). The minimum absolute atomic E-state index is 0.271. The maximum Gasteiger partial charge on any atom is 0.0651 e. The average Bonchev–Trinajstić information content (AvgIpc) is 2.15. The van der Waals surface area contributed by atoms with Crippen molar-refractivity contribution in [1.82, 2.24) is 0 Å². The third-order valence-electron chi connectivity index (χ3n) is 3.63. The maximum absolute atomic E-state index is 6.31. The summed E-state index contributed by atoms with van der Waals surface area (Å²) in [6.07, 6.45) is 7.39. The molecule has 0 amide bonds. The van der Waals surface area contributed by atoms with Gasteiger partial charge >= 0.3 is 0 Å². The summed E-state index contributed by atoms with van der Waals surface area (Å²) in [6.45, 7) is 14.6. The molecule has 0 heterocycles. The van der Waals surface area contributed by atoms with Crippen molar-refractivity contribution in [3.8, 4) is 0 Å². The smallest absolute Gasteiger partial charge is 0.0651 e. The lowest BCUT2D eigenvalue weighted by atomic mass is 9.74. The van der Waals surface area contributed by atoms with Gasteiger partial charge in [-0.15, -0.1) is 0 Å². The normalized spacial score (nSPS) is 21.5. The van der Waals surface area contributed by atoms with Crippen LogP contribution >= 0.6 is 0 Å². The van der Waals surface area contributed by atoms with Gasteiger partial charge in [-0.2, -0.15) is 0 Å². The van der Waals surface area contributed by atoms with Gasteiger partial charge in [-0.25, -0.2) is 0 Å². The maximum atomic E-state index is 6.31. The third-order valence-corrected chi connectivity index (χ3v) is 3.63. The molecule has 1 aliphatic rings. The summed E-state index contributed by atoms with van der Waals surface area (Å²) in [5.41, 5.74) is 0.547. The monoisotopic (exact) mass is 240 g/mol. The van der Waals surface area contributed by atoms with E-state index in [1.54, 1.807) is 0 Å². The quantitative estimate of drug-likeness (QED) is 0.671. The zero-order valence-corrected chi connectivity index (χ0v) is 12.8. The molecule has 102 valence electrons. The lowest BCUT2D eigenvalue weighted by Crippen LogP contribution is -2.39. The van der Waals surface area contributed by atoms with Gasteiger partial charge in [0.2, 0.25) is 0 Å². The number of rotatable bonds is 3. The van der Waals surface area contributed by atoms with E-state index in [1.165, 1.54) is 32.1 Å². The van der Waals surface area contributed by atoms with Crippen LogP contribution in [0, 0.1) is 16.7 Å². The molecule has 1 saturated carbocycles. The first-order valence-corrected chi connectivity index (χ1v) is 7.32. The highest BCUT2D eigenvalue weighted by Crippen LogP contribution is 2.37. The molecule has 0 aliphatic heterocycles. The van der Waals surface area contributed by atoms with Gasteiger partial charge < -0.3 is 4.74 Å². The fourth-order valence-electron chi connectivity index (χ4n) is 2.87. The molecular formula is C16H32O. The fourth-order valence-corrected chi connectivity index (χ4v) is 2.87. The highest BCUT2D eigenvalue weighted by molar-refractivity contribution is 4.84. The molecule has 1 unspecified atom stereocenters. The zero-order chi connectivity index (χ0) is 13.1. The van der Waals surface area contributed by atoms with Crippen molar-refractivity contribution in [1.29, 1.82) is 0 Å². The van der Waals surface area contributed by atoms with E-state index in [2.05, 4.69) is 41.5 Å². The second-order valence-corrected chi connectivity index (χ2v) is 8.06. The lowest BCUT2D eigenvalue weighted by molar-refractivity contribution is -0.0860. The van der Waals surface area contributed by atoms with Gasteiger partial charge in [-0.05, 0) is 29.6 Å². The highest BCUT2D eigenvalue weighted by Gasteiger charge is 2.34. The van der Waals surface area contributed by atoms with E-state index in [1.807, 2.05) is 0 Å². The van der Waals surface area contributed by atoms with Gasteiger partial charge in [-0.3, -0.25) is 0 Å². The Bertz CT molecular complexity index is 213. The van der Waals surface area contributed by atoms with E-state index in [0.29, 0.717) is 6.10 Å². The van der Waals surface area contributed by atoms with Crippen LogP contribution in [-0.2, 0) is 4.74 Å². The average molecular weight is 240 g/mol. The molecule has 0 aromatic carbocycles. The lowest BCUT2D eigenvalue weighted by Gasteiger charge is -2.40. The number of ether oxygens (including phenoxy) is 1. The standard InChI is InChI=1S/C16H32O/c1-15(2,3)12-17-14(16(4,5)6)13-10-8-7-9-11-13/h13-14H,7-12H2,1-6H3. The molecule has 0 spiro atoms. The molecule has 0 bridgehead atoms. The van der Waals surface area contributed by atoms with Gasteiger partial charge in [-0.1, -0.05) is 60.8 Å². The largest absolute Gasteiger partial charge is 0.377 e. The van der Waals surface area contributed by atoms with E-state index >= 15 is 0 Å². The molecule has 0 radical (unpaired) electrons. The third kappa shape index (κ3) is 5.42. The van der Waals surface area contributed by atoms with E-state index in [9.17, 15) is 0 Å². The Labute approximate surface area is 108 Å². The van der Waals surface area contributed by atoms with Crippen molar-refractivity contribution in [2.75, 3.05) is 6.61 Å². The van der Waals surface area contributed by atoms with Crippen LogP contribution in [0.25, 0.3) is 0 Å². The minimum Gasteiger partial charge on any atom is -0.377 e. The Balaban J connectivity index is 2.60. The van der Waals surface area contributed by atoms with Crippen molar-refractivity contribution in [2.45, 2.75) is 79.8 Å². The van der Waals surface area contributed by atoms with Crippen LogP contribution in [0.5, 0.6) is 0 Å². The van der Waals surface area contributed by atoms with Crippen molar-refractivity contribution in [3.05, 3.63) is 0 Å². The van der Waals surface area contributed by atoms with Gasteiger partial charge in [0.05, 0.1) is 12.7 Å². The Kier molecular flexibility index (Phi) is 5.07. The second kappa shape index (κ2) is 5.73. The summed E-state index contributed by atoms with van der Waals surface area (Å²) in [6, 6.07) is 0. The van der Waals surface area contributed by atoms with Crippen molar-refractivity contribution < 1.29 is 4.74 Å². The Morgan fingerprint density at radius 1 is 0.941 bits per heavy atom. The van der Waals surface area contributed by atoms with Crippen LogP contribution in [0.2, 0.25) is 0 Å². The van der Waals surface area contributed by atoms with Crippen molar-refractivity contribution in [3.63, 3.8) is 0 Å². The predicted octanol–water partition coefficient (Wildman–Crippen LogP) is 5.04. The summed E-state index contributed by atoms with van der Waals surface area (Å²) < 4.78 is 6.31. The van der Waals surface area contributed by atoms with Crippen LogP contribution in [0.15, 0.2) is 0 Å². The van der Waals surface area contributed by atoms with Gasteiger partial charge in [0, 0.05) is 0 Å². The molecule has 0 saturated heterocycles.